The standard InChI is InChI=1S/C24H28N2O5/c1-3-4-13-30-21-10-8-18(16-22(21)29-2)9-11-23(27)25-17-19-6-5-7-20(15-19)26-12-14-31-24(26)28/h5-11,15-16H,3-4,12-14,17H2,1-2H3,(H,25,27). The lowest BCUT2D eigenvalue weighted by Crippen LogP contribution is -2.24. The smallest absolute Gasteiger partial charge is 0.414 e. The topological polar surface area (TPSA) is 77.1 Å². The van der Waals surface area contributed by atoms with Gasteiger partial charge in [-0.3, -0.25) is 9.69 Å². The first-order valence-electron chi connectivity index (χ1n) is 10.4. The van der Waals surface area contributed by atoms with Crippen molar-refractivity contribution in [2.45, 2.75) is 26.3 Å². The van der Waals surface area contributed by atoms with Crippen LogP contribution in [0.15, 0.2) is 48.5 Å². The van der Waals surface area contributed by atoms with Gasteiger partial charge in [0.1, 0.15) is 6.61 Å². The number of amides is 2. The van der Waals surface area contributed by atoms with Crippen molar-refractivity contribution in [2.24, 2.45) is 0 Å². The number of rotatable bonds is 10. The molecular formula is C24H28N2O5. The third-order valence-electron chi connectivity index (χ3n) is 4.82. The Labute approximate surface area is 182 Å². The fourth-order valence-corrected chi connectivity index (χ4v) is 3.12. The molecule has 164 valence electrons. The lowest BCUT2D eigenvalue weighted by Gasteiger charge is -2.14. The monoisotopic (exact) mass is 424 g/mol. The highest BCUT2D eigenvalue weighted by Gasteiger charge is 2.23. The SMILES string of the molecule is CCCCOc1ccc(C=CC(=O)NCc2cccc(N3CCOC3=O)c2)cc1OC. The lowest BCUT2D eigenvalue weighted by atomic mass is 10.1. The zero-order valence-electron chi connectivity index (χ0n) is 17.9. The van der Waals surface area contributed by atoms with Crippen molar-refractivity contribution in [3.8, 4) is 11.5 Å². The molecule has 2 amide bonds. The molecule has 1 saturated heterocycles. The van der Waals surface area contributed by atoms with E-state index in [1.807, 2.05) is 42.5 Å². The zero-order valence-corrected chi connectivity index (χ0v) is 17.9. The summed E-state index contributed by atoms with van der Waals surface area (Å²) < 4.78 is 16.1. The summed E-state index contributed by atoms with van der Waals surface area (Å²) in [5.74, 6) is 1.11. The number of methoxy groups -OCH3 is 1. The van der Waals surface area contributed by atoms with Gasteiger partial charge < -0.3 is 19.5 Å². The summed E-state index contributed by atoms with van der Waals surface area (Å²) in [4.78, 5) is 25.5. The highest BCUT2D eigenvalue weighted by Crippen LogP contribution is 2.28. The van der Waals surface area contributed by atoms with E-state index >= 15 is 0 Å². The molecule has 0 aromatic heterocycles. The van der Waals surface area contributed by atoms with Gasteiger partial charge in [0.2, 0.25) is 5.91 Å². The van der Waals surface area contributed by atoms with Gasteiger partial charge in [-0.25, -0.2) is 4.79 Å². The quantitative estimate of drug-likeness (QED) is 0.458. The van der Waals surface area contributed by atoms with Crippen molar-refractivity contribution in [3.63, 3.8) is 0 Å². The summed E-state index contributed by atoms with van der Waals surface area (Å²) in [6.45, 7) is 4.03. The minimum atomic E-state index is -0.346. The third-order valence-corrected chi connectivity index (χ3v) is 4.82. The van der Waals surface area contributed by atoms with Gasteiger partial charge in [0.05, 0.1) is 20.3 Å². The number of anilines is 1. The van der Waals surface area contributed by atoms with Gasteiger partial charge in [-0.05, 0) is 47.9 Å². The number of cyclic esters (lactones) is 1. The summed E-state index contributed by atoms with van der Waals surface area (Å²) in [5.41, 5.74) is 2.50. The fraction of sp³-hybridized carbons (Fsp3) is 0.333. The van der Waals surface area contributed by atoms with Gasteiger partial charge in [-0.1, -0.05) is 31.5 Å². The van der Waals surface area contributed by atoms with Crippen LogP contribution in [0.1, 0.15) is 30.9 Å². The first-order chi connectivity index (χ1) is 15.1. The molecule has 2 aromatic rings. The van der Waals surface area contributed by atoms with Crippen molar-refractivity contribution in [1.82, 2.24) is 5.32 Å². The van der Waals surface area contributed by atoms with E-state index in [0.29, 0.717) is 37.8 Å². The van der Waals surface area contributed by atoms with E-state index in [1.165, 1.54) is 6.08 Å². The first-order valence-corrected chi connectivity index (χ1v) is 10.4. The molecule has 1 fully saturated rings. The highest BCUT2D eigenvalue weighted by molar-refractivity contribution is 5.92. The van der Waals surface area contributed by atoms with Crippen molar-refractivity contribution in [2.75, 3.05) is 31.8 Å². The maximum absolute atomic E-state index is 12.2. The molecular weight excluding hydrogens is 396 g/mol. The van der Waals surface area contributed by atoms with E-state index in [1.54, 1.807) is 18.1 Å². The van der Waals surface area contributed by atoms with Crippen LogP contribution in [0.4, 0.5) is 10.5 Å². The zero-order chi connectivity index (χ0) is 22.1. The van der Waals surface area contributed by atoms with Crippen LogP contribution in [0.2, 0.25) is 0 Å². The van der Waals surface area contributed by atoms with Crippen LogP contribution < -0.4 is 19.7 Å². The Morgan fingerprint density at radius 3 is 2.84 bits per heavy atom. The number of benzene rings is 2. The first kappa shape index (κ1) is 22.2. The molecule has 0 bridgehead atoms. The van der Waals surface area contributed by atoms with E-state index in [0.717, 1.165) is 29.7 Å². The molecule has 2 aromatic carbocycles. The maximum atomic E-state index is 12.2. The van der Waals surface area contributed by atoms with E-state index in [9.17, 15) is 9.59 Å². The molecule has 1 heterocycles. The molecule has 1 N–H and O–H groups in total. The second kappa shape index (κ2) is 11.1. The Balaban J connectivity index is 1.55. The van der Waals surface area contributed by atoms with Crippen LogP contribution in [-0.2, 0) is 16.1 Å². The lowest BCUT2D eigenvalue weighted by molar-refractivity contribution is -0.116. The molecule has 3 rings (SSSR count). The number of hydrogen-bond donors (Lipinski definition) is 1. The maximum Gasteiger partial charge on any atom is 0.414 e. The number of hydrogen-bond acceptors (Lipinski definition) is 5. The molecule has 0 spiro atoms. The minimum absolute atomic E-state index is 0.215. The summed E-state index contributed by atoms with van der Waals surface area (Å²) in [5, 5.41) is 2.86. The van der Waals surface area contributed by atoms with Gasteiger partial charge in [-0.2, -0.15) is 0 Å². The number of carbonyl (C=O) groups is 2. The second-order valence-corrected chi connectivity index (χ2v) is 7.10. The Bertz CT molecular complexity index is 941. The molecule has 7 nitrogen and oxygen atoms in total. The molecule has 1 aliphatic heterocycles. The Morgan fingerprint density at radius 2 is 2.10 bits per heavy atom. The van der Waals surface area contributed by atoms with Crippen LogP contribution in [0.3, 0.4) is 0 Å². The number of nitrogens with zero attached hydrogens (tertiary/aromatic N) is 1. The molecule has 31 heavy (non-hydrogen) atoms. The fourth-order valence-electron chi connectivity index (χ4n) is 3.12. The Hall–Kier alpha value is -3.48. The Morgan fingerprint density at radius 1 is 1.23 bits per heavy atom. The molecule has 0 saturated carbocycles. The van der Waals surface area contributed by atoms with Gasteiger partial charge in [0, 0.05) is 18.3 Å². The molecule has 0 unspecified atom stereocenters. The van der Waals surface area contributed by atoms with Gasteiger partial charge in [0.15, 0.2) is 11.5 Å². The average molecular weight is 424 g/mol. The molecule has 1 aliphatic rings. The van der Waals surface area contributed by atoms with Crippen molar-refractivity contribution < 1.29 is 23.8 Å². The molecule has 0 radical (unpaired) electrons. The number of unbranched alkanes of at least 4 members (excludes halogenated alkanes) is 1. The highest BCUT2D eigenvalue weighted by atomic mass is 16.6. The minimum Gasteiger partial charge on any atom is -0.493 e. The number of carbonyl (C=O) groups excluding carboxylic acids is 2. The predicted octanol–water partition coefficient (Wildman–Crippen LogP) is 4.16. The van der Waals surface area contributed by atoms with E-state index in [4.69, 9.17) is 14.2 Å². The van der Waals surface area contributed by atoms with Crippen LogP contribution in [0, 0.1) is 0 Å². The van der Waals surface area contributed by atoms with E-state index in [2.05, 4.69) is 12.2 Å². The molecule has 0 aliphatic carbocycles. The summed E-state index contributed by atoms with van der Waals surface area (Å²) in [7, 11) is 1.60. The predicted molar refractivity (Wildman–Crippen MR) is 119 cm³/mol. The normalized spacial score (nSPS) is 13.4. The van der Waals surface area contributed by atoms with Gasteiger partial charge >= 0.3 is 6.09 Å². The van der Waals surface area contributed by atoms with Crippen LogP contribution in [0.25, 0.3) is 6.08 Å². The third kappa shape index (κ3) is 6.25. The summed E-state index contributed by atoms with van der Waals surface area (Å²) in [6, 6.07) is 13.0. The number of nitrogens with one attached hydrogen (secondary N) is 1. The van der Waals surface area contributed by atoms with Crippen LogP contribution in [0.5, 0.6) is 11.5 Å². The van der Waals surface area contributed by atoms with Crippen molar-refractivity contribution >= 4 is 23.8 Å². The molecule has 7 heteroatoms. The molecule has 0 atom stereocenters. The Kier molecular flexibility index (Phi) is 7.92. The van der Waals surface area contributed by atoms with Gasteiger partial charge in [0.25, 0.3) is 0 Å². The van der Waals surface area contributed by atoms with E-state index < -0.39 is 0 Å². The van der Waals surface area contributed by atoms with Crippen molar-refractivity contribution in [1.29, 1.82) is 0 Å². The van der Waals surface area contributed by atoms with E-state index in [-0.39, 0.29) is 12.0 Å². The summed E-state index contributed by atoms with van der Waals surface area (Å²) >= 11 is 0. The largest absolute Gasteiger partial charge is 0.493 e. The van der Waals surface area contributed by atoms with Gasteiger partial charge in [-0.15, -0.1) is 0 Å². The van der Waals surface area contributed by atoms with Crippen LogP contribution >= 0.6 is 0 Å². The summed E-state index contributed by atoms with van der Waals surface area (Å²) in [6.07, 6.45) is 4.91. The second-order valence-electron chi connectivity index (χ2n) is 7.10. The van der Waals surface area contributed by atoms with Crippen molar-refractivity contribution in [3.05, 3.63) is 59.7 Å². The van der Waals surface area contributed by atoms with Crippen LogP contribution in [-0.4, -0.2) is 38.9 Å². The average Bonchev–Trinajstić information content (AvgIpc) is 3.23. The number of ether oxygens (including phenoxy) is 3.